The Labute approximate surface area is 102 Å². The van der Waals surface area contributed by atoms with Crippen molar-refractivity contribution >= 4 is 0 Å². The van der Waals surface area contributed by atoms with Gasteiger partial charge >= 0.3 is 0 Å². The highest BCUT2D eigenvalue weighted by Gasteiger charge is 2.23. The van der Waals surface area contributed by atoms with Gasteiger partial charge in [0, 0.05) is 12.6 Å². The molecule has 1 N–H and O–H groups in total. The molecule has 2 nitrogen and oxygen atoms in total. The maximum Gasteiger partial charge on any atom is 0.00678 e. The number of nitrogens with zero attached hydrogens (tertiary/aromatic N) is 1. The van der Waals surface area contributed by atoms with Crippen molar-refractivity contribution in [1.29, 1.82) is 0 Å². The first-order valence-corrected chi connectivity index (χ1v) is 7.13. The van der Waals surface area contributed by atoms with Gasteiger partial charge in [-0.3, -0.25) is 0 Å². The molecule has 2 atom stereocenters. The van der Waals surface area contributed by atoms with Gasteiger partial charge in [-0.25, -0.2) is 0 Å². The second-order valence-corrected chi connectivity index (χ2v) is 5.50. The quantitative estimate of drug-likeness (QED) is 0.749. The van der Waals surface area contributed by atoms with Crippen molar-refractivity contribution in [2.75, 3.05) is 26.2 Å². The lowest BCUT2D eigenvalue weighted by Crippen LogP contribution is -2.43. The minimum absolute atomic E-state index is 0.704. The molecule has 2 heteroatoms. The SMILES string of the molecule is CCNC(C)C1CCN(CC(C)CC)CC1. The van der Waals surface area contributed by atoms with Crippen LogP contribution >= 0.6 is 0 Å². The van der Waals surface area contributed by atoms with Crippen LogP contribution in [-0.2, 0) is 0 Å². The zero-order chi connectivity index (χ0) is 12.0. The maximum atomic E-state index is 3.56. The van der Waals surface area contributed by atoms with E-state index in [-0.39, 0.29) is 0 Å². The summed E-state index contributed by atoms with van der Waals surface area (Å²) in [5.41, 5.74) is 0. The van der Waals surface area contributed by atoms with E-state index in [0.29, 0.717) is 6.04 Å². The second kappa shape index (κ2) is 7.29. The number of nitrogens with one attached hydrogen (secondary N) is 1. The molecule has 16 heavy (non-hydrogen) atoms. The Balaban J connectivity index is 2.23. The van der Waals surface area contributed by atoms with Gasteiger partial charge in [0.15, 0.2) is 0 Å². The highest BCUT2D eigenvalue weighted by Crippen LogP contribution is 2.21. The Bertz CT molecular complexity index is 174. The first-order valence-electron chi connectivity index (χ1n) is 7.13. The van der Waals surface area contributed by atoms with Gasteiger partial charge in [0.25, 0.3) is 0 Å². The van der Waals surface area contributed by atoms with Gasteiger partial charge in [0.1, 0.15) is 0 Å². The zero-order valence-corrected chi connectivity index (χ0v) is 11.6. The first-order chi connectivity index (χ1) is 7.67. The van der Waals surface area contributed by atoms with Crippen LogP contribution in [0.15, 0.2) is 0 Å². The highest BCUT2D eigenvalue weighted by molar-refractivity contribution is 4.79. The Morgan fingerprint density at radius 1 is 1.19 bits per heavy atom. The molecular formula is C14H30N2. The van der Waals surface area contributed by atoms with Crippen LogP contribution in [0.25, 0.3) is 0 Å². The third-order valence-electron chi connectivity index (χ3n) is 4.13. The second-order valence-electron chi connectivity index (χ2n) is 5.50. The molecule has 96 valence electrons. The summed E-state index contributed by atoms with van der Waals surface area (Å²) >= 11 is 0. The zero-order valence-electron chi connectivity index (χ0n) is 11.6. The average Bonchev–Trinajstić information content (AvgIpc) is 2.30. The summed E-state index contributed by atoms with van der Waals surface area (Å²) in [4.78, 5) is 2.66. The molecule has 0 aromatic carbocycles. The summed E-state index contributed by atoms with van der Waals surface area (Å²) in [7, 11) is 0. The van der Waals surface area contributed by atoms with Gasteiger partial charge in [0.05, 0.1) is 0 Å². The van der Waals surface area contributed by atoms with Crippen LogP contribution in [0.5, 0.6) is 0 Å². The van der Waals surface area contributed by atoms with Crippen molar-refractivity contribution in [2.45, 2.75) is 53.0 Å². The molecular weight excluding hydrogens is 196 g/mol. The van der Waals surface area contributed by atoms with E-state index in [4.69, 9.17) is 0 Å². The summed E-state index contributed by atoms with van der Waals surface area (Å²) in [5.74, 6) is 1.76. The minimum Gasteiger partial charge on any atom is -0.314 e. The van der Waals surface area contributed by atoms with E-state index >= 15 is 0 Å². The highest BCUT2D eigenvalue weighted by atomic mass is 15.1. The number of piperidine rings is 1. The first kappa shape index (κ1) is 14.0. The lowest BCUT2D eigenvalue weighted by atomic mass is 9.90. The Hall–Kier alpha value is -0.0800. The molecule has 0 saturated carbocycles. The van der Waals surface area contributed by atoms with E-state index in [1.807, 2.05) is 0 Å². The Morgan fingerprint density at radius 3 is 2.31 bits per heavy atom. The van der Waals surface area contributed by atoms with Crippen molar-refractivity contribution < 1.29 is 0 Å². The van der Waals surface area contributed by atoms with Crippen molar-refractivity contribution in [1.82, 2.24) is 10.2 Å². The predicted octanol–water partition coefficient (Wildman–Crippen LogP) is 2.74. The average molecular weight is 226 g/mol. The van der Waals surface area contributed by atoms with Crippen LogP contribution in [0.4, 0.5) is 0 Å². The van der Waals surface area contributed by atoms with Gasteiger partial charge in [-0.15, -0.1) is 0 Å². The molecule has 0 aromatic rings. The summed E-state index contributed by atoms with van der Waals surface area (Å²) in [6.45, 7) is 14.2. The third-order valence-corrected chi connectivity index (χ3v) is 4.13. The largest absolute Gasteiger partial charge is 0.314 e. The van der Waals surface area contributed by atoms with E-state index < -0.39 is 0 Å². The van der Waals surface area contributed by atoms with Crippen LogP contribution in [0.2, 0.25) is 0 Å². The smallest absolute Gasteiger partial charge is 0.00678 e. The molecule has 0 spiro atoms. The Morgan fingerprint density at radius 2 is 1.81 bits per heavy atom. The molecule has 1 heterocycles. The minimum atomic E-state index is 0.704. The van der Waals surface area contributed by atoms with Crippen molar-refractivity contribution in [2.24, 2.45) is 11.8 Å². The molecule has 0 aromatic heterocycles. The lowest BCUT2D eigenvalue weighted by molar-refractivity contribution is 0.146. The van der Waals surface area contributed by atoms with Crippen LogP contribution < -0.4 is 5.32 Å². The summed E-state index contributed by atoms with van der Waals surface area (Å²) < 4.78 is 0. The van der Waals surface area contributed by atoms with E-state index in [0.717, 1.165) is 18.4 Å². The number of hydrogen-bond acceptors (Lipinski definition) is 2. The molecule has 2 unspecified atom stereocenters. The molecule has 1 rings (SSSR count). The number of hydrogen-bond donors (Lipinski definition) is 1. The van der Waals surface area contributed by atoms with Gasteiger partial charge in [-0.2, -0.15) is 0 Å². The summed E-state index contributed by atoms with van der Waals surface area (Å²) in [6.07, 6.45) is 4.07. The van der Waals surface area contributed by atoms with Gasteiger partial charge < -0.3 is 10.2 Å². The molecule has 1 aliphatic heterocycles. The molecule has 1 fully saturated rings. The predicted molar refractivity (Wildman–Crippen MR) is 71.8 cm³/mol. The van der Waals surface area contributed by atoms with Crippen LogP contribution in [-0.4, -0.2) is 37.1 Å². The molecule has 0 radical (unpaired) electrons. The summed E-state index contributed by atoms with van der Waals surface area (Å²) in [6, 6.07) is 0.704. The van der Waals surface area contributed by atoms with Crippen LogP contribution in [0.1, 0.15) is 47.0 Å². The monoisotopic (exact) mass is 226 g/mol. The van der Waals surface area contributed by atoms with Crippen LogP contribution in [0.3, 0.4) is 0 Å². The van der Waals surface area contributed by atoms with E-state index in [1.165, 1.54) is 38.9 Å². The fraction of sp³-hybridized carbons (Fsp3) is 1.00. The fourth-order valence-corrected chi connectivity index (χ4v) is 2.69. The molecule has 0 aliphatic carbocycles. The maximum absolute atomic E-state index is 3.56. The topological polar surface area (TPSA) is 15.3 Å². The Kier molecular flexibility index (Phi) is 6.37. The van der Waals surface area contributed by atoms with E-state index in [2.05, 4.69) is 37.9 Å². The lowest BCUT2D eigenvalue weighted by Gasteiger charge is -2.36. The standard InChI is InChI=1S/C14H30N2/c1-5-12(3)11-16-9-7-14(8-10-16)13(4)15-6-2/h12-15H,5-11H2,1-4H3. The number of likely N-dealkylation sites (tertiary alicyclic amines) is 1. The molecule has 0 amide bonds. The van der Waals surface area contributed by atoms with Crippen molar-refractivity contribution in [3.8, 4) is 0 Å². The van der Waals surface area contributed by atoms with Crippen LogP contribution in [0, 0.1) is 11.8 Å². The van der Waals surface area contributed by atoms with E-state index in [9.17, 15) is 0 Å². The van der Waals surface area contributed by atoms with Gasteiger partial charge in [-0.05, 0) is 51.2 Å². The molecule has 1 saturated heterocycles. The molecule has 0 bridgehead atoms. The number of rotatable bonds is 6. The summed E-state index contributed by atoms with van der Waals surface area (Å²) in [5, 5.41) is 3.56. The van der Waals surface area contributed by atoms with E-state index in [1.54, 1.807) is 0 Å². The van der Waals surface area contributed by atoms with Crippen molar-refractivity contribution in [3.63, 3.8) is 0 Å². The normalized spacial score (nSPS) is 23.2. The fourth-order valence-electron chi connectivity index (χ4n) is 2.69. The van der Waals surface area contributed by atoms with Crippen molar-refractivity contribution in [3.05, 3.63) is 0 Å². The van der Waals surface area contributed by atoms with Gasteiger partial charge in [-0.1, -0.05) is 27.2 Å². The third kappa shape index (κ3) is 4.42. The molecule has 1 aliphatic rings. The van der Waals surface area contributed by atoms with Gasteiger partial charge in [0.2, 0.25) is 0 Å².